The van der Waals surface area contributed by atoms with Crippen LogP contribution in [-0.4, -0.2) is 45.2 Å². The van der Waals surface area contributed by atoms with Crippen molar-refractivity contribution in [1.29, 1.82) is 0 Å². The Morgan fingerprint density at radius 1 is 0.929 bits per heavy atom. The van der Waals surface area contributed by atoms with Crippen LogP contribution >= 0.6 is 0 Å². The monoisotopic (exact) mass is 392 g/mol. The van der Waals surface area contributed by atoms with E-state index in [9.17, 15) is 4.39 Å². The molecule has 0 bridgehead atoms. The van der Waals surface area contributed by atoms with Gasteiger partial charge in [-0.3, -0.25) is 0 Å². The first-order valence-electron chi connectivity index (χ1n) is 9.99. The second kappa shape index (κ2) is 9.50. The second-order valence-electron chi connectivity index (χ2n) is 7.22. The molecule has 0 spiro atoms. The van der Waals surface area contributed by atoms with Gasteiger partial charge in [0.25, 0.3) is 0 Å². The predicted molar refractivity (Wildman–Crippen MR) is 111 cm³/mol. The fourth-order valence-electron chi connectivity index (χ4n) is 3.33. The van der Waals surface area contributed by atoms with Crippen LogP contribution in [0, 0.1) is 5.92 Å². The molecule has 3 rings (SSSR count). The third kappa shape index (κ3) is 4.54. The molecule has 1 aliphatic heterocycles. The van der Waals surface area contributed by atoms with Gasteiger partial charge < -0.3 is 14.2 Å². The maximum atomic E-state index is 14.2. The fraction of sp³-hybridized carbons (Fsp3) is 0.636. The molecule has 0 unspecified atom stereocenters. The molecule has 0 aromatic heterocycles. The minimum absolute atomic E-state index is 0.174. The maximum absolute atomic E-state index is 14.2. The van der Waals surface area contributed by atoms with E-state index in [1.807, 2.05) is 38.1 Å². The zero-order valence-corrected chi connectivity index (χ0v) is 18.0. The third-order valence-electron chi connectivity index (χ3n) is 5.07. The van der Waals surface area contributed by atoms with Crippen LogP contribution in [0.15, 0.2) is 34.3 Å². The van der Waals surface area contributed by atoms with Crippen LogP contribution in [0.25, 0.3) is 0 Å². The summed E-state index contributed by atoms with van der Waals surface area (Å²) in [7, 11) is 4.82. The van der Waals surface area contributed by atoms with Gasteiger partial charge in [0.2, 0.25) is 11.8 Å². The molecule has 3 atom stereocenters. The van der Waals surface area contributed by atoms with Gasteiger partial charge in [0.1, 0.15) is 17.8 Å². The summed E-state index contributed by atoms with van der Waals surface area (Å²) in [5.74, 6) is 1.33. The fourth-order valence-corrected chi connectivity index (χ4v) is 3.33. The average Bonchev–Trinajstić information content (AvgIpc) is 3.48. The number of rotatable bonds is 5. The highest BCUT2D eigenvalue weighted by Gasteiger charge is 2.45. The Bertz CT molecular complexity index is 696. The molecule has 0 saturated heterocycles. The summed E-state index contributed by atoms with van der Waals surface area (Å²) in [5.41, 5.74) is 0.482. The smallest absolute Gasteiger partial charge is 0.212 e. The zero-order valence-electron chi connectivity index (χ0n) is 18.0. The van der Waals surface area contributed by atoms with Gasteiger partial charge in [-0.1, -0.05) is 52.0 Å². The van der Waals surface area contributed by atoms with Gasteiger partial charge >= 0.3 is 0 Å². The van der Waals surface area contributed by atoms with E-state index < -0.39 is 17.8 Å². The van der Waals surface area contributed by atoms with Crippen molar-refractivity contribution in [1.82, 2.24) is 0 Å². The molecule has 1 saturated carbocycles. The van der Waals surface area contributed by atoms with Gasteiger partial charge in [0.15, 0.2) is 6.04 Å². The first-order chi connectivity index (χ1) is 13.4. The summed E-state index contributed by atoms with van der Waals surface area (Å²) in [6.45, 7) is 8.13. The van der Waals surface area contributed by atoms with E-state index >= 15 is 0 Å². The minimum Gasteiger partial charge on any atom is -0.483 e. The van der Waals surface area contributed by atoms with Crippen LogP contribution in [-0.2, 0) is 19.9 Å². The van der Waals surface area contributed by atoms with Crippen molar-refractivity contribution in [2.45, 2.75) is 64.4 Å². The van der Waals surface area contributed by atoms with E-state index in [2.05, 4.69) is 13.8 Å². The molecular weight excluding hydrogens is 359 g/mol. The Kier molecular flexibility index (Phi) is 7.58. The van der Waals surface area contributed by atoms with Crippen LogP contribution in [0.5, 0.6) is 0 Å². The summed E-state index contributed by atoms with van der Waals surface area (Å²) in [4.78, 5) is 9.42. The van der Waals surface area contributed by atoms with Crippen LogP contribution in [0.3, 0.4) is 0 Å². The van der Waals surface area contributed by atoms with E-state index in [1.54, 1.807) is 21.3 Å². The SMILES string of the molecule is CC.COC1=N[C@H](C(C)C)C(OC)=N[C@H]1[C@@H](OC)c1ccc(C2(F)CC2)cc1. The molecule has 1 heterocycles. The standard InChI is InChI=1S/C20H27FN2O3.C2H6/c1-12(2)15-18(25-4)23-16(19(22-15)26-5)17(24-3)13-6-8-14(9-7-13)20(21)10-11-20;1-2/h6-9,12,15-17H,10-11H2,1-5H3;1-2H3/t15-,16+,17+;/m1./s1. The highest BCUT2D eigenvalue weighted by Crippen LogP contribution is 2.49. The molecule has 1 aromatic rings. The van der Waals surface area contributed by atoms with Crippen molar-refractivity contribution in [3.63, 3.8) is 0 Å². The number of halogens is 1. The minimum atomic E-state index is -1.14. The number of benzene rings is 1. The highest BCUT2D eigenvalue weighted by atomic mass is 19.1. The number of aliphatic imine (C=N–C) groups is 2. The Morgan fingerprint density at radius 3 is 1.86 bits per heavy atom. The van der Waals surface area contributed by atoms with Gasteiger partial charge in [0.05, 0.1) is 14.2 Å². The quantitative estimate of drug-likeness (QED) is 0.719. The predicted octanol–water partition coefficient (Wildman–Crippen LogP) is 4.86. The number of methoxy groups -OCH3 is 3. The van der Waals surface area contributed by atoms with E-state index in [0.29, 0.717) is 24.6 Å². The lowest BCUT2D eigenvalue weighted by Gasteiger charge is -2.31. The van der Waals surface area contributed by atoms with Crippen LogP contribution in [0.4, 0.5) is 4.39 Å². The highest BCUT2D eigenvalue weighted by molar-refractivity contribution is 5.94. The lowest BCUT2D eigenvalue weighted by atomic mass is 9.96. The van der Waals surface area contributed by atoms with Crippen molar-refractivity contribution < 1.29 is 18.6 Å². The second-order valence-corrected chi connectivity index (χ2v) is 7.22. The topological polar surface area (TPSA) is 52.4 Å². The Balaban J connectivity index is 0.00000136. The van der Waals surface area contributed by atoms with Crippen molar-refractivity contribution >= 4 is 11.8 Å². The van der Waals surface area contributed by atoms with E-state index in [-0.39, 0.29) is 12.0 Å². The molecule has 2 aliphatic rings. The molecule has 0 radical (unpaired) electrons. The van der Waals surface area contributed by atoms with Gasteiger partial charge in [0, 0.05) is 7.11 Å². The molecule has 1 fully saturated rings. The van der Waals surface area contributed by atoms with Gasteiger partial charge in [-0.05, 0) is 29.9 Å². The summed E-state index contributed by atoms with van der Waals surface area (Å²) >= 11 is 0. The molecular formula is C22H33FN2O3. The summed E-state index contributed by atoms with van der Waals surface area (Å²) in [6, 6.07) is 6.84. The number of hydrogen-bond acceptors (Lipinski definition) is 5. The maximum Gasteiger partial charge on any atom is 0.212 e. The lowest BCUT2D eigenvalue weighted by molar-refractivity contribution is 0.0896. The van der Waals surface area contributed by atoms with Gasteiger partial charge in [-0.2, -0.15) is 0 Å². The molecule has 1 aromatic carbocycles. The molecule has 0 N–H and O–H groups in total. The summed E-state index contributed by atoms with van der Waals surface area (Å²) in [5, 5.41) is 0. The van der Waals surface area contributed by atoms with Crippen molar-refractivity contribution in [3.05, 3.63) is 35.4 Å². The van der Waals surface area contributed by atoms with Crippen LogP contribution < -0.4 is 0 Å². The largest absolute Gasteiger partial charge is 0.483 e. The van der Waals surface area contributed by atoms with E-state index in [1.165, 1.54) is 0 Å². The summed E-state index contributed by atoms with van der Waals surface area (Å²) < 4.78 is 30.9. The molecule has 0 amide bonds. The lowest BCUT2D eigenvalue weighted by Crippen LogP contribution is -2.40. The Labute approximate surface area is 168 Å². The molecule has 5 nitrogen and oxygen atoms in total. The normalized spacial score (nSPS) is 23.8. The van der Waals surface area contributed by atoms with E-state index in [4.69, 9.17) is 24.2 Å². The van der Waals surface area contributed by atoms with Crippen molar-refractivity contribution in [2.75, 3.05) is 21.3 Å². The van der Waals surface area contributed by atoms with Crippen molar-refractivity contribution in [3.8, 4) is 0 Å². The molecule has 6 heteroatoms. The molecule has 1 aliphatic carbocycles. The first-order valence-corrected chi connectivity index (χ1v) is 9.99. The zero-order chi connectivity index (χ0) is 20.9. The van der Waals surface area contributed by atoms with Gasteiger partial charge in [-0.15, -0.1) is 0 Å². The number of alkyl halides is 1. The Hall–Kier alpha value is -1.95. The number of ether oxygens (including phenoxy) is 3. The van der Waals surface area contributed by atoms with Crippen molar-refractivity contribution in [2.24, 2.45) is 15.9 Å². The van der Waals surface area contributed by atoms with E-state index in [0.717, 1.165) is 11.1 Å². The summed E-state index contributed by atoms with van der Waals surface area (Å²) in [6.07, 6.45) is 0.804. The number of hydrogen-bond donors (Lipinski definition) is 0. The Morgan fingerprint density at radius 2 is 1.43 bits per heavy atom. The number of nitrogens with zero attached hydrogens (tertiary/aromatic N) is 2. The molecule has 156 valence electrons. The average molecular weight is 393 g/mol. The van der Waals surface area contributed by atoms with Crippen LogP contribution in [0.1, 0.15) is 57.8 Å². The third-order valence-corrected chi connectivity index (χ3v) is 5.07. The molecule has 28 heavy (non-hydrogen) atoms. The van der Waals surface area contributed by atoms with Gasteiger partial charge in [-0.25, -0.2) is 14.4 Å². The first kappa shape index (κ1) is 22.3. The van der Waals surface area contributed by atoms with Crippen LogP contribution in [0.2, 0.25) is 0 Å².